The summed E-state index contributed by atoms with van der Waals surface area (Å²) in [5, 5.41) is 0. The van der Waals surface area contributed by atoms with Gasteiger partial charge in [0.15, 0.2) is 0 Å². The number of nitrogens with zero attached hydrogens (tertiary/aromatic N) is 1. The number of aromatic nitrogens is 1. The molecule has 0 bridgehead atoms. The van der Waals surface area contributed by atoms with Gasteiger partial charge >= 0.3 is 0 Å². The van der Waals surface area contributed by atoms with Crippen LogP contribution in [0.1, 0.15) is 5.56 Å². The number of halogens is 1. The molecule has 0 saturated heterocycles. The largest absolute Gasteiger partial charge is 0.256 e. The van der Waals surface area contributed by atoms with Gasteiger partial charge in [-0.15, -0.1) is 17.0 Å². The maximum absolute atomic E-state index is 4.28. The van der Waals surface area contributed by atoms with E-state index < -0.39 is 0 Å². The van der Waals surface area contributed by atoms with Gasteiger partial charge < -0.3 is 0 Å². The summed E-state index contributed by atoms with van der Waals surface area (Å²) in [4.78, 5) is 4.28. The van der Waals surface area contributed by atoms with Crippen LogP contribution >= 0.6 is 17.0 Å². The molecule has 0 fully saturated rings. The van der Waals surface area contributed by atoms with Gasteiger partial charge in [-0.05, 0) is 19.1 Å². The lowest BCUT2D eigenvalue weighted by Crippen LogP contribution is -1.81. The summed E-state index contributed by atoms with van der Waals surface area (Å²) < 4.78 is 0. The van der Waals surface area contributed by atoms with Crippen molar-refractivity contribution < 1.29 is 0 Å². The van der Waals surface area contributed by atoms with E-state index in [9.17, 15) is 0 Å². The second-order valence-corrected chi connectivity index (χ2v) is 3.08. The molecule has 0 saturated carbocycles. The third kappa shape index (κ3) is 2.42. The lowest BCUT2D eigenvalue weighted by atomic mass is 10.1. The Kier molecular flexibility index (Phi) is 3.84. The third-order valence-electron chi connectivity index (χ3n) is 2.01. The normalized spacial score (nSPS) is 9.21. The van der Waals surface area contributed by atoms with E-state index in [1.54, 1.807) is 0 Å². The highest BCUT2D eigenvalue weighted by Crippen LogP contribution is 2.15. The van der Waals surface area contributed by atoms with Gasteiger partial charge in [-0.25, -0.2) is 0 Å². The molecule has 1 aromatic carbocycles. The molecule has 2 aromatic rings. The molecule has 0 spiro atoms. The van der Waals surface area contributed by atoms with E-state index in [4.69, 9.17) is 0 Å². The van der Waals surface area contributed by atoms with Gasteiger partial charge in [-0.1, -0.05) is 35.9 Å². The average Bonchev–Trinajstić information content (AvgIpc) is 2.20. The summed E-state index contributed by atoms with van der Waals surface area (Å²) in [6, 6.07) is 14.3. The highest BCUT2D eigenvalue weighted by atomic mass is 79.9. The molecule has 0 aliphatic carbocycles. The fraction of sp³-hybridized carbons (Fsp3) is 0.0833. The molecule has 1 aromatic heterocycles. The molecule has 0 unspecified atom stereocenters. The third-order valence-corrected chi connectivity index (χ3v) is 2.01. The topological polar surface area (TPSA) is 12.9 Å². The Balaban J connectivity index is 0.000000980. The minimum absolute atomic E-state index is 0. The molecular formula is C12H12BrN. The molecule has 2 heteroatoms. The van der Waals surface area contributed by atoms with Crippen molar-refractivity contribution in [2.45, 2.75) is 6.92 Å². The van der Waals surface area contributed by atoms with Gasteiger partial charge in [0, 0.05) is 11.8 Å². The molecule has 1 nitrogen and oxygen atoms in total. The van der Waals surface area contributed by atoms with Crippen LogP contribution in [0.3, 0.4) is 0 Å². The summed E-state index contributed by atoms with van der Waals surface area (Å²) in [5.74, 6) is 0. The summed E-state index contributed by atoms with van der Waals surface area (Å²) in [7, 11) is 0. The molecule has 72 valence electrons. The Hall–Kier alpha value is -1.15. The number of hydrogen-bond donors (Lipinski definition) is 0. The van der Waals surface area contributed by atoms with Crippen molar-refractivity contribution in [3.8, 4) is 11.3 Å². The minimum atomic E-state index is 0. The van der Waals surface area contributed by atoms with E-state index in [2.05, 4.69) is 36.2 Å². The van der Waals surface area contributed by atoms with Crippen molar-refractivity contribution in [1.82, 2.24) is 4.98 Å². The monoisotopic (exact) mass is 249 g/mol. The van der Waals surface area contributed by atoms with Crippen LogP contribution < -0.4 is 0 Å². The Labute approximate surface area is 94.6 Å². The van der Waals surface area contributed by atoms with Crippen molar-refractivity contribution in [2.24, 2.45) is 0 Å². The predicted molar refractivity (Wildman–Crippen MR) is 64.7 cm³/mol. The van der Waals surface area contributed by atoms with Gasteiger partial charge in [-0.3, -0.25) is 4.98 Å². The zero-order valence-electron chi connectivity index (χ0n) is 7.97. The SMILES string of the molecule is Br.Cc1ccc(-c2ccccn2)cc1. The molecule has 0 N–H and O–H groups in total. The highest BCUT2D eigenvalue weighted by molar-refractivity contribution is 8.93. The molecule has 0 aliphatic heterocycles. The van der Waals surface area contributed by atoms with E-state index in [1.165, 1.54) is 11.1 Å². The molecular weight excluding hydrogens is 238 g/mol. The second-order valence-electron chi connectivity index (χ2n) is 3.08. The number of hydrogen-bond acceptors (Lipinski definition) is 1. The van der Waals surface area contributed by atoms with E-state index >= 15 is 0 Å². The molecule has 0 radical (unpaired) electrons. The van der Waals surface area contributed by atoms with Crippen molar-refractivity contribution >= 4 is 17.0 Å². The van der Waals surface area contributed by atoms with Crippen LogP contribution in [-0.4, -0.2) is 4.98 Å². The first-order valence-corrected chi connectivity index (χ1v) is 4.34. The smallest absolute Gasteiger partial charge is 0.0701 e. The van der Waals surface area contributed by atoms with E-state index in [-0.39, 0.29) is 17.0 Å². The lowest BCUT2D eigenvalue weighted by Gasteiger charge is -1.99. The number of pyridine rings is 1. The van der Waals surface area contributed by atoms with Crippen LogP contribution in [0.2, 0.25) is 0 Å². The number of aryl methyl sites for hydroxylation is 1. The number of benzene rings is 1. The summed E-state index contributed by atoms with van der Waals surface area (Å²) in [6.07, 6.45) is 1.81. The van der Waals surface area contributed by atoms with Gasteiger partial charge in [0.2, 0.25) is 0 Å². The van der Waals surface area contributed by atoms with Gasteiger partial charge in [-0.2, -0.15) is 0 Å². The van der Waals surface area contributed by atoms with E-state index in [0.29, 0.717) is 0 Å². The average molecular weight is 250 g/mol. The molecule has 14 heavy (non-hydrogen) atoms. The van der Waals surface area contributed by atoms with Crippen LogP contribution in [0.5, 0.6) is 0 Å². The van der Waals surface area contributed by atoms with Crippen molar-refractivity contribution in [2.75, 3.05) is 0 Å². The Bertz CT molecular complexity index is 381. The van der Waals surface area contributed by atoms with Gasteiger partial charge in [0.05, 0.1) is 5.69 Å². The first-order valence-electron chi connectivity index (χ1n) is 4.34. The molecule has 0 atom stereocenters. The standard InChI is InChI=1S/C12H11N.BrH/c1-10-5-7-11(8-6-10)12-4-2-3-9-13-12;/h2-9H,1H3;1H. The molecule has 0 aliphatic rings. The predicted octanol–water partition coefficient (Wildman–Crippen LogP) is 3.63. The van der Waals surface area contributed by atoms with Gasteiger partial charge in [0.25, 0.3) is 0 Å². The minimum Gasteiger partial charge on any atom is -0.256 e. The zero-order valence-corrected chi connectivity index (χ0v) is 9.69. The first-order chi connectivity index (χ1) is 6.36. The summed E-state index contributed by atoms with van der Waals surface area (Å²) in [6.45, 7) is 2.09. The van der Waals surface area contributed by atoms with E-state index in [0.717, 1.165) is 5.69 Å². The van der Waals surface area contributed by atoms with Gasteiger partial charge in [0.1, 0.15) is 0 Å². The van der Waals surface area contributed by atoms with Crippen LogP contribution in [0.15, 0.2) is 48.7 Å². The fourth-order valence-corrected chi connectivity index (χ4v) is 1.26. The Morgan fingerprint density at radius 3 is 2.21 bits per heavy atom. The maximum Gasteiger partial charge on any atom is 0.0701 e. The van der Waals surface area contributed by atoms with Crippen LogP contribution in [0.25, 0.3) is 11.3 Å². The second kappa shape index (κ2) is 4.91. The fourth-order valence-electron chi connectivity index (χ4n) is 1.26. The Morgan fingerprint density at radius 2 is 1.64 bits per heavy atom. The van der Waals surface area contributed by atoms with Crippen LogP contribution in [-0.2, 0) is 0 Å². The van der Waals surface area contributed by atoms with Crippen LogP contribution in [0, 0.1) is 6.92 Å². The van der Waals surface area contributed by atoms with Crippen molar-refractivity contribution in [1.29, 1.82) is 0 Å². The first kappa shape index (κ1) is 10.9. The molecule has 1 heterocycles. The zero-order chi connectivity index (χ0) is 9.10. The van der Waals surface area contributed by atoms with Crippen LogP contribution in [0.4, 0.5) is 0 Å². The number of rotatable bonds is 1. The lowest BCUT2D eigenvalue weighted by molar-refractivity contribution is 1.32. The van der Waals surface area contributed by atoms with Crippen molar-refractivity contribution in [3.05, 3.63) is 54.2 Å². The highest BCUT2D eigenvalue weighted by Gasteiger charge is 1.95. The molecule has 2 rings (SSSR count). The maximum atomic E-state index is 4.28. The summed E-state index contributed by atoms with van der Waals surface area (Å²) in [5.41, 5.74) is 3.48. The summed E-state index contributed by atoms with van der Waals surface area (Å²) >= 11 is 0. The molecule has 0 amide bonds. The van der Waals surface area contributed by atoms with E-state index in [1.807, 2.05) is 24.4 Å². The van der Waals surface area contributed by atoms with Crippen molar-refractivity contribution in [3.63, 3.8) is 0 Å². The quantitative estimate of drug-likeness (QED) is 0.753. The Morgan fingerprint density at radius 1 is 0.929 bits per heavy atom.